The minimum atomic E-state index is -3.74. The smallest absolute Gasteiger partial charge is 0.308 e. The van der Waals surface area contributed by atoms with E-state index in [0.29, 0.717) is 10.7 Å². The van der Waals surface area contributed by atoms with Crippen molar-refractivity contribution in [1.82, 2.24) is 9.78 Å². The van der Waals surface area contributed by atoms with E-state index in [4.69, 9.17) is 5.11 Å². The quantitative estimate of drug-likeness (QED) is 0.843. The van der Waals surface area contributed by atoms with Crippen LogP contribution in [-0.4, -0.2) is 29.3 Å². The fraction of sp³-hybridized carbons (Fsp3) is 0.333. The second kappa shape index (κ2) is 5.86. The van der Waals surface area contributed by atoms with Crippen LogP contribution in [0.3, 0.4) is 0 Å². The number of hydrogen-bond donors (Lipinski definition) is 2. The lowest BCUT2D eigenvalue weighted by Gasteiger charge is -2.12. The number of sulfonamides is 1. The normalized spacial score (nSPS) is 11.8. The molecular weight excluding hydrogens is 314 g/mol. The van der Waals surface area contributed by atoms with E-state index in [2.05, 4.69) is 9.82 Å². The molecule has 0 aliphatic rings. The van der Waals surface area contributed by atoms with Crippen molar-refractivity contribution in [3.63, 3.8) is 0 Å². The topological polar surface area (TPSA) is 101 Å². The van der Waals surface area contributed by atoms with Crippen molar-refractivity contribution in [3.05, 3.63) is 29.3 Å². The highest BCUT2D eigenvalue weighted by Gasteiger charge is 2.20. The molecule has 2 N–H and O–H groups in total. The number of nitrogens with one attached hydrogen (secondary N) is 1. The van der Waals surface area contributed by atoms with E-state index in [1.807, 2.05) is 13.8 Å². The van der Waals surface area contributed by atoms with E-state index in [1.165, 1.54) is 18.3 Å². The lowest BCUT2D eigenvalue weighted by atomic mass is 10.3. The standard InChI is InChI=1S/C12H15N3O4S2/c1-8(2)15-10(5-6-13-15)14-21(18,19)12-4-3-9(20-12)7-11(16)17/h3-6,8,14H,7H2,1-2H3,(H,16,17). The van der Waals surface area contributed by atoms with Gasteiger partial charge in [0.1, 0.15) is 10.0 Å². The molecule has 0 amide bonds. The molecule has 114 valence electrons. The summed E-state index contributed by atoms with van der Waals surface area (Å²) in [5.41, 5.74) is 0. The molecule has 0 unspecified atom stereocenters. The Labute approximate surface area is 126 Å². The Bertz CT molecular complexity index is 746. The lowest BCUT2D eigenvalue weighted by molar-refractivity contribution is -0.136. The van der Waals surface area contributed by atoms with Gasteiger partial charge in [-0.05, 0) is 26.0 Å². The van der Waals surface area contributed by atoms with Crippen LogP contribution in [0.5, 0.6) is 0 Å². The number of aromatic nitrogens is 2. The molecule has 0 saturated heterocycles. The summed E-state index contributed by atoms with van der Waals surface area (Å²) in [5.74, 6) is -0.621. The van der Waals surface area contributed by atoms with Crippen molar-refractivity contribution in [1.29, 1.82) is 0 Å². The Morgan fingerprint density at radius 2 is 2.14 bits per heavy atom. The van der Waals surface area contributed by atoms with Gasteiger partial charge in [-0.3, -0.25) is 9.52 Å². The summed E-state index contributed by atoms with van der Waals surface area (Å²) in [7, 11) is -3.74. The number of thiophene rings is 1. The number of hydrogen-bond acceptors (Lipinski definition) is 5. The van der Waals surface area contributed by atoms with E-state index in [1.54, 1.807) is 10.7 Å². The lowest BCUT2D eigenvalue weighted by Crippen LogP contribution is -2.16. The molecule has 2 aromatic heterocycles. The van der Waals surface area contributed by atoms with Crippen LogP contribution in [0.4, 0.5) is 5.82 Å². The monoisotopic (exact) mass is 329 g/mol. The maximum absolute atomic E-state index is 12.3. The minimum absolute atomic E-state index is 0.0172. The van der Waals surface area contributed by atoms with Crippen molar-refractivity contribution >= 4 is 33.1 Å². The first kappa shape index (κ1) is 15.5. The van der Waals surface area contributed by atoms with Crippen LogP contribution >= 0.6 is 11.3 Å². The van der Waals surface area contributed by atoms with Crippen molar-refractivity contribution in [2.45, 2.75) is 30.5 Å². The van der Waals surface area contributed by atoms with Gasteiger partial charge >= 0.3 is 5.97 Å². The van der Waals surface area contributed by atoms with Crippen LogP contribution in [0.1, 0.15) is 24.8 Å². The molecule has 0 saturated carbocycles. The van der Waals surface area contributed by atoms with Gasteiger partial charge in [-0.2, -0.15) is 5.10 Å². The molecule has 0 aromatic carbocycles. The van der Waals surface area contributed by atoms with E-state index in [9.17, 15) is 13.2 Å². The number of rotatable bonds is 6. The van der Waals surface area contributed by atoms with E-state index in [-0.39, 0.29) is 16.7 Å². The molecule has 0 spiro atoms. The van der Waals surface area contributed by atoms with Crippen LogP contribution in [-0.2, 0) is 21.2 Å². The average Bonchev–Trinajstić information content (AvgIpc) is 2.96. The largest absolute Gasteiger partial charge is 0.481 e. The molecule has 0 aliphatic carbocycles. The number of carboxylic acid groups (broad SMARTS) is 1. The number of carbonyl (C=O) groups is 1. The maximum Gasteiger partial charge on any atom is 0.308 e. The summed E-state index contributed by atoms with van der Waals surface area (Å²) in [6.07, 6.45) is 1.33. The molecule has 0 radical (unpaired) electrons. The first-order valence-electron chi connectivity index (χ1n) is 6.16. The van der Waals surface area contributed by atoms with E-state index < -0.39 is 16.0 Å². The molecule has 7 nitrogen and oxygen atoms in total. The van der Waals surface area contributed by atoms with Gasteiger partial charge in [0.2, 0.25) is 0 Å². The van der Waals surface area contributed by atoms with Crippen molar-refractivity contribution < 1.29 is 18.3 Å². The zero-order chi connectivity index (χ0) is 15.6. The van der Waals surface area contributed by atoms with E-state index >= 15 is 0 Å². The summed E-state index contributed by atoms with van der Waals surface area (Å²) in [6, 6.07) is 4.50. The Kier molecular flexibility index (Phi) is 4.33. The first-order chi connectivity index (χ1) is 9.79. The highest BCUT2D eigenvalue weighted by molar-refractivity contribution is 7.94. The molecule has 0 atom stereocenters. The van der Waals surface area contributed by atoms with Crippen LogP contribution in [0.25, 0.3) is 0 Å². The summed E-state index contributed by atoms with van der Waals surface area (Å²) in [4.78, 5) is 11.1. The fourth-order valence-corrected chi connectivity index (χ4v) is 4.14. The SMILES string of the molecule is CC(C)n1nccc1NS(=O)(=O)c1ccc(CC(=O)O)s1. The van der Waals surface area contributed by atoms with Crippen molar-refractivity contribution in [2.75, 3.05) is 4.72 Å². The van der Waals surface area contributed by atoms with Gasteiger partial charge in [-0.1, -0.05) is 0 Å². The van der Waals surface area contributed by atoms with Crippen LogP contribution < -0.4 is 4.72 Å². The summed E-state index contributed by atoms with van der Waals surface area (Å²) in [5, 5.41) is 12.8. The van der Waals surface area contributed by atoms with Gasteiger partial charge in [-0.25, -0.2) is 13.1 Å². The molecule has 9 heteroatoms. The van der Waals surface area contributed by atoms with Crippen LogP contribution in [0.2, 0.25) is 0 Å². The Morgan fingerprint density at radius 1 is 1.43 bits per heavy atom. The van der Waals surface area contributed by atoms with Crippen molar-refractivity contribution in [2.24, 2.45) is 0 Å². The zero-order valence-corrected chi connectivity index (χ0v) is 13.1. The fourth-order valence-electron chi connectivity index (χ4n) is 1.74. The molecule has 0 aliphatic heterocycles. The van der Waals surface area contributed by atoms with Crippen LogP contribution in [0.15, 0.2) is 28.6 Å². The average molecular weight is 329 g/mol. The van der Waals surface area contributed by atoms with Gasteiger partial charge in [0.05, 0.1) is 12.6 Å². The number of nitrogens with zero attached hydrogens (tertiary/aromatic N) is 2. The van der Waals surface area contributed by atoms with Gasteiger partial charge in [0.15, 0.2) is 0 Å². The molecular formula is C12H15N3O4S2. The maximum atomic E-state index is 12.3. The highest BCUT2D eigenvalue weighted by Crippen LogP contribution is 2.25. The van der Waals surface area contributed by atoms with E-state index in [0.717, 1.165) is 11.3 Å². The number of carboxylic acids is 1. The Hall–Kier alpha value is -1.87. The van der Waals surface area contributed by atoms with Crippen LogP contribution in [0, 0.1) is 0 Å². The molecule has 0 bridgehead atoms. The van der Waals surface area contributed by atoms with Gasteiger partial charge in [0, 0.05) is 17.0 Å². The molecule has 2 heterocycles. The van der Waals surface area contributed by atoms with Crippen molar-refractivity contribution in [3.8, 4) is 0 Å². The second-order valence-electron chi connectivity index (χ2n) is 4.65. The van der Waals surface area contributed by atoms with Gasteiger partial charge in [-0.15, -0.1) is 11.3 Å². The van der Waals surface area contributed by atoms with Gasteiger partial charge < -0.3 is 5.11 Å². The minimum Gasteiger partial charge on any atom is -0.481 e. The van der Waals surface area contributed by atoms with Gasteiger partial charge in [0.25, 0.3) is 10.0 Å². The predicted molar refractivity (Wildman–Crippen MR) is 79.1 cm³/mol. The highest BCUT2D eigenvalue weighted by atomic mass is 32.2. The zero-order valence-electron chi connectivity index (χ0n) is 11.5. The molecule has 2 aromatic rings. The first-order valence-corrected chi connectivity index (χ1v) is 8.46. The number of anilines is 1. The predicted octanol–water partition coefficient (Wildman–Crippen LogP) is 1.95. The summed E-state index contributed by atoms with van der Waals surface area (Å²) >= 11 is 0.943. The summed E-state index contributed by atoms with van der Waals surface area (Å²) in [6.45, 7) is 3.78. The Morgan fingerprint density at radius 3 is 2.76 bits per heavy atom. The Balaban J connectivity index is 2.24. The second-order valence-corrected chi connectivity index (χ2v) is 7.73. The molecule has 0 fully saturated rings. The number of aliphatic carboxylic acids is 1. The molecule has 2 rings (SSSR count). The molecule has 21 heavy (non-hydrogen) atoms. The third kappa shape index (κ3) is 3.61. The third-order valence-electron chi connectivity index (χ3n) is 2.63. The third-order valence-corrected chi connectivity index (χ3v) is 5.56. The summed E-state index contributed by atoms with van der Waals surface area (Å²) < 4.78 is 28.7.